The summed E-state index contributed by atoms with van der Waals surface area (Å²) in [4.78, 5) is 12.6. The number of hydrogen-bond acceptors (Lipinski definition) is 4. The van der Waals surface area contributed by atoms with Gasteiger partial charge in [-0.05, 0) is 79.8 Å². The Morgan fingerprint density at radius 1 is 1.12 bits per heavy atom. The normalized spacial score (nSPS) is 14.3. The van der Waals surface area contributed by atoms with Crippen molar-refractivity contribution in [1.82, 2.24) is 5.32 Å². The van der Waals surface area contributed by atoms with Gasteiger partial charge in [0.2, 0.25) is 0 Å². The maximum atomic E-state index is 13.4. The third-order valence-corrected chi connectivity index (χ3v) is 8.25. The van der Waals surface area contributed by atoms with Crippen LogP contribution in [0.5, 0.6) is 5.75 Å². The molecule has 178 valence electrons. The second-order valence-corrected chi connectivity index (χ2v) is 11.1. The number of fused-ring (bicyclic) bond motifs is 1. The number of aryl methyl sites for hydroxylation is 2. The Morgan fingerprint density at radius 3 is 2.59 bits per heavy atom. The van der Waals surface area contributed by atoms with Crippen LogP contribution in [0.15, 0.2) is 76.1 Å². The molecular formula is C26H27BrN2O4S. The summed E-state index contributed by atoms with van der Waals surface area (Å²) in [6.07, 6.45) is 1.65. The number of carbonyl (C=O) groups excluding carboxylic acids is 1. The average molecular weight is 543 g/mol. The van der Waals surface area contributed by atoms with E-state index in [9.17, 15) is 13.2 Å². The van der Waals surface area contributed by atoms with E-state index in [1.165, 1.54) is 10.4 Å². The van der Waals surface area contributed by atoms with Gasteiger partial charge in [-0.25, -0.2) is 8.42 Å². The van der Waals surface area contributed by atoms with Crippen LogP contribution < -0.4 is 14.4 Å². The van der Waals surface area contributed by atoms with E-state index in [-0.39, 0.29) is 23.5 Å². The van der Waals surface area contributed by atoms with E-state index in [0.29, 0.717) is 17.9 Å². The van der Waals surface area contributed by atoms with E-state index in [2.05, 4.69) is 21.2 Å². The van der Waals surface area contributed by atoms with Crippen molar-refractivity contribution in [3.05, 3.63) is 87.9 Å². The predicted molar refractivity (Wildman–Crippen MR) is 137 cm³/mol. The van der Waals surface area contributed by atoms with Crippen LogP contribution in [0.1, 0.15) is 36.1 Å². The van der Waals surface area contributed by atoms with Crippen LogP contribution >= 0.6 is 15.9 Å². The summed E-state index contributed by atoms with van der Waals surface area (Å²) in [5.74, 6) is 0.223. The SMILES string of the molecule is Cc1cc(S(=O)(=O)N2CCCc3ccccc32)ccc1OCC(=O)N[C@@H](C)c1ccc(Br)cc1. The van der Waals surface area contributed by atoms with Crippen LogP contribution in [0.3, 0.4) is 0 Å². The quantitative estimate of drug-likeness (QED) is 0.447. The number of sulfonamides is 1. The van der Waals surface area contributed by atoms with Crippen molar-refractivity contribution in [3.8, 4) is 5.75 Å². The van der Waals surface area contributed by atoms with Gasteiger partial charge in [-0.15, -0.1) is 0 Å². The first kappa shape index (κ1) is 24.3. The number of nitrogens with zero attached hydrogens (tertiary/aromatic N) is 1. The zero-order valence-corrected chi connectivity index (χ0v) is 21.5. The Bertz CT molecular complexity index is 1290. The molecule has 0 spiro atoms. The van der Waals surface area contributed by atoms with E-state index in [1.807, 2.05) is 55.5 Å². The molecule has 1 heterocycles. The molecule has 0 fully saturated rings. The Morgan fingerprint density at radius 2 is 1.85 bits per heavy atom. The van der Waals surface area contributed by atoms with E-state index in [4.69, 9.17) is 4.74 Å². The number of ether oxygens (including phenoxy) is 1. The van der Waals surface area contributed by atoms with Crippen molar-refractivity contribution >= 4 is 37.5 Å². The van der Waals surface area contributed by atoms with Crippen LogP contribution in [0.4, 0.5) is 5.69 Å². The van der Waals surface area contributed by atoms with Crippen molar-refractivity contribution in [1.29, 1.82) is 0 Å². The van der Waals surface area contributed by atoms with E-state index < -0.39 is 10.0 Å². The molecule has 1 amide bonds. The maximum absolute atomic E-state index is 13.4. The van der Waals surface area contributed by atoms with Gasteiger partial charge in [0.1, 0.15) is 5.75 Å². The highest BCUT2D eigenvalue weighted by atomic mass is 79.9. The van der Waals surface area contributed by atoms with Gasteiger partial charge >= 0.3 is 0 Å². The summed E-state index contributed by atoms with van der Waals surface area (Å²) >= 11 is 3.40. The minimum atomic E-state index is -3.70. The van der Waals surface area contributed by atoms with E-state index in [0.717, 1.165) is 34.1 Å². The molecule has 0 aliphatic carbocycles. The van der Waals surface area contributed by atoms with Gasteiger partial charge in [0.15, 0.2) is 6.61 Å². The highest BCUT2D eigenvalue weighted by Crippen LogP contribution is 2.33. The van der Waals surface area contributed by atoms with Crippen molar-refractivity contribution in [2.75, 3.05) is 17.5 Å². The largest absolute Gasteiger partial charge is 0.484 e. The number of para-hydroxylation sites is 1. The minimum absolute atomic E-state index is 0.159. The smallest absolute Gasteiger partial charge is 0.264 e. The Balaban J connectivity index is 1.42. The number of anilines is 1. The average Bonchev–Trinajstić information content (AvgIpc) is 2.83. The first-order valence-electron chi connectivity index (χ1n) is 11.1. The molecule has 1 aliphatic heterocycles. The van der Waals surface area contributed by atoms with Gasteiger partial charge in [0, 0.05) is 11.0 Å². The zero-order chi connectivity index (χ0) is 24.3. The highest BCUT2D eigenvalue weighted by Gasteiger charge is 2.29. The standard InChI is InChI=1S/C26H27BrN2O4S/c1-18-16-23(34(31,32)29-15-5-7-21-6-3-4-8-24(21)29)13-14-25(18)33-17-26(30)28-19(2)20-9-11-22(27)12-10-20/h3-4,6,8-14,16,19H,5,7,15,17H2,1-2H3,(H,28,30)/t19-/m0/s1. The predicted octanol–water partition coefficient (Wildman–Crippen LogP) is 5.16. The molecule has 1 atom stereocenters. The first-order valence-corrected chi connectivity index (χ1v) is 13.4. The lowest BCUT2D eigenvalue weighted by atomic mass is 10.0. The molecule has 0 aromatic heterocycles. The second kappa shape index (κ2) is 10.2. The fourth-order valence-corrected chi connectivity index (χ4v) is 5.97. The number of rotatable bonds is 7. The number of halogens is 1. The van der Waals surface area contributed by atoms with Crippen LogP contribution in [-0.2, 0) is 21.2 Å². The second-order valence-electron chi connectivity index (χ2n) is 8.37. The number of benzene rings is 3. The molecule has 6 nitrogen and oxygen atoms in total. The molecule has 0 unspecified atom stereocenters. The molecule has 0 saturated heterocycles. The summed E-state index contributed by atoms with van der Waals surface area (Å²) in [6, 6.07) is 20.0. The Hall–Kier alpha value is -2.84. The molecular weight excluding hydrogens is 516 g/mol. The Labute approximate surface area is 209 Å². The number of carbonyl (C=O) groups is 1. The molecule has 3 aromatic carbocycles. The molecule has 1 aliphatic rings. The molecule has 0 bridgehead atoms. The summed E-state index contributed by atoms with van der Waals surface area (Å²) in [7, 11) is -3.70. The van der Waals surface area contributed by atoms with Gasteiger partial charge in [0.25, 0.3) is 15.9 Å². The fourth-order valence-electron chi connectivity index (χ4n) is 4.08. The first-order chi connectivity index (χ1) is 16.3. The van der Waals surface area contributed by atoms with Gasteiger partial charge in [0.05, 0.1) is 16.6 Å². The van der Waals surface area contributed by atoms with Crippen molar-refractivity contribution < 1.29 is 17.9 Å². The van der Waals surface area contributed by atoms with Crippen LogP contribution in [0.25, 0.3) is 0 Å². The maximum Gasteiger partial charge on any atom is 0.264 e. The summed E-state index contributed by atoms with van der Waals surface area (Å²) < 4.78 is 34.9. The number of amides is 1. The highest BCUT2D eigenvalue weighted by molar-refractivity contribution is 9.10. The van der Waals surface area contributed by atoms with E-state index >= 15 is 0 Å². The lowest BCUT2D eigenvalue weighted by Crippen LogP contribution is -2.35. The van der Waals surface area contributed by atoms with E-state index in [1.54, 1.807) is 19.1 Å². The number of nitrogens with one attached hydrogen (secondary N) is 1. The Kier molecular flexibility index (Phi) is 7.28. The summed E-state index contributed by atoms with van der Waals surface area (Å²) in [5, 5.41) is 2.91. The lowest BCUT2D eigenvalue weighted by Gasteiger charge is -2.30. The van der Waals surface area contributed by atoms with Crippen LogP contribution in [0, 0.1) is 6.92 Å². The topological polar surface area (TPSA) is 75.7 Å². The zero-order valence-electron chi connectivity index (χ0n) is 19.1. The molecule has 3 aromatic rings. The third-order valence-electron chi connectivity index (χ3n) is 5.91. The molecule has 8 heteroatoms. The van der Waals surface area contributed by atoms with Crippen molar-refractivity contribution in [2.24, 2.45) is 0 Å². The van der Waals surface area contributed by atoms with Crippen LogP contribution in [-0.4, -0.2) is 27.5 Å². The van der Waals surface area contributed by atoms with Gasteiger partial charge in [-0.2, -0.15) is 0 Å². The summed E-state index contributed by atoms with van der Waals surface area (Å²) in [6.45, 7) is 3.98. The minimum Gasteiger partial charge on any atom is -0.484 e. The number of hydrogen-bond donors (Lipinski definition) is 1. The fraction of sp³-hybridized carbons (Fsp3) is 0.269. The van der Waals surface area contributed by atoms with Crippen LogP contribution in [0.2, 0.25) is 0 Å². The molecule has 1 N–H and O–H groups in total. The van der Waals surface area contributed by atoms with Gasteiger partial charge in [-0.3, -0.25) is 9.10 Å². The monoisotopic (exact) mass is 542 g/mol. The molecule has 4 rings (SSSR count). The molecule has 0 radical (unpaired) electrons. The third kappa shape index (κ3) is 5.28. The van der Waals surface area contributed by atoms with Crippen molar-refractivity contribution in [3.63, 3.8) is 0 Å². The van der Waals surface area contributed by atoms with Crippen molar-refractivity contribution in [2.45, 2.75) is 37.6 Å². The summed E-state index contributed by atoms with van der Waals surface area (Å²) in [5.41, 5.74) is 3.42. The lowest BCUT2D eigenvalue weighted by molar-refractivity contribution is -0.123. The van der Waals surface area contributed by atoms with Gasteiger partial charge < -0.3 is 10.1 Å². The molecule has 34 heavy (non-hydrogen) atoms. The molecule has 0 saturated carbocycles. The van der Waals surface area contributed by atoms with Gasteiger partial charge in [-0.1, -0.05) is 46.3 Å².